The van der Waals surface area contributed by atoms with E-state index in [1.54, 1.807) is 21.4 Å². The number of aryl methyl sites for hydroxylation is 1. The minimum Gasteiger partial charge on any atom is -0.336 e. The molecule has 1 unspecified atom stereocenters. The number of rotatable bonds is 5. The maximum atomic E-state index is 12.6. The third-order valence-electron chi connectivity index (χ3n) is 3.62. The first-order valence-electron chi connectivity index (χ1n) is 6.83. The fourth-order valence-corrected chi connectivity index (χ4v) is 4.20. The Bertz CT molecular complexity index is 510. The largest absolute Gasteiger partial charge is 0.336 e. The highest BCUT2D eigenvalue weighted by Crippen LogP contribution is 2.25. The summed E-state index contributed by atoms with van der Waals surface area (Å²) in [6.07, 6.45) is 6.76. The van der Waals surface area contributed by atoms with Gasteiger partial charge in [-0.1, -0.05) is 6.42 Å². The Hall–Kier alpha value is -0.920. The highest BCUT2D eigenvalue weighted by Gasteiger charge is 2.34. The van der Waals surface area contributed by atoms with Gasteiger partial charge in [-0.3, -0.25) is 0 Å². The van der Waals surface area contributed by atoms with Crippen molar-refractivity contribution in [2.75, 3.05) is 13.1 Å². The predicted octanol–water partition coefficient (Wildman–Crippen LogP) is 0.795. The Morgan fingerprint density at radius 3 is 2.89 bits per heavy atom. The molecule has 1 aliphatic heterocycles. The van der Waals surface area contributed by atoms with Gasteiger partial charge < -0.3 is 10.3 Å². The number of nitrogens with zero attached hydrogens (tertiary/aromatic N) is 3. The highest BCUT2D eigenvalue weighted by molar-refractivity contribution is 7.89. The number of imidazole rings is 1. The smallest absolute Gasteiger partial charge is 0.262 e. The van der Waals surface area contributed by atoms with E-state index in [9.17, 15) is 8.42 Å². The van der Waals surface area contributed by atoms with E-state index in [-0.39, 0.29) is 11.1 Å². The van der Waals surface area contributed by atoms with Crippen LogP contribution in [0.25, 0.3) is 0 Å². The zero-order chi connectivity index (χ0) is 13.9. The lowest BCUT2D eigenvalue weighted by atomic mass is 10.0. The summed E-state index contributed by atoms with van der Waals surface area (Å²) in [4.78, 5) is 4.03. The molecule has 1 fully saturated rings. The van der Waals surface area contributed by atoms with Crippen LogP contribution >= 0.6 is 0 Å². The molecule has 2 rings (SSSR count). The van der Waals surface area contributed by atoms with Crippen LogP contribution in [0, 0.1) is 0 Å². The van der Waals surface area contributed by atoms with Crippen molar-refractivity contribution in [3.05, 3.63) is 12.5 Å². The summed E-state index contributed by atoms with van der Waals surface area (Å²) in [7, 11) is -3.48. The molecule has 19 heavy (non-hydrogen) atoms. The van der Waals surface area contributed by atoms with Crippen molar-refractivity contribution in [3.8, 4) is 0 Å². The number of sulfonamides is 1. The molecule has 1 atom stereocenters. The Kier molecular flexibility index (Phi) is 4.59. The fraction of sp³-hybridized carbons (Fsp3) is 0.750. The molecule has 1 saturated heterocycles. The molecule has 1 aromatic rings. The molecule has 0 bridgehead atoms. The summed E-state index contributed by atoms with van der Waals surface area (Å²) in [6.45, 7) is 3.76. The maximum Gasteiger partial charge on any atom is 0.262 e. The molecule has 6 nitrogen and oxygen atoms in total. The zero-order valence-corrected chi connectivity index (χ0v) is 12.1. The SMILES string of the molecule is CCn1cnc(S(=O)(=O)N2CCCCC2CCN)c1. The van der Waals surface area contributed by atoms with Crippen LogP contribution in [0.15, 0.2) is 17.6 Å². The van der Waals surface area contributed by atoms with Crippen molar-refractivity contribution in [2.24, 2.45) is 5.73 Å². The number of hydrogen-bond acceptors (Lipinski definition) is 4. The first-order valence-corrected chi connectivity index (χ1v) is 8.27. The summed E-state index contributed by atoms with van der Waals surface area (Å²) in [5.41, 5.74) is 5.59. The maximum absolute atomic E-state index is 12.6. The molecule has 0 aromatic carbocycles. The number of aromatic nitrogens is 2. The molecule has 108 valence electrons. The second-order valence-corrected chi connectivity index (χ2v) is 6.72. The monoisotopic (exact) mass is 286 g/mol. The van der Waals surface area contributed by atoms with Crippen LogP contribution < -0.4 is 5.73 Å². The van der Waals surface area contributed by atoms with Gasteiger partial charge in [-0.2, -0.15) is 4.31 Å². The van der Waals surface area contributed by atoms with Crippen molar-refractivity contribution in [3.63, 3.8) is 0 Å². The quantitative estimate of drug-likeness (QED) is 0.868. The number of hydrogen-bond donors (Lipinski definition) is 1. The average Bonchev–Trinajstić information content (AvgIpc) is 2.89. The number of nitrogens with two attached hydrogens (primary N) is 1. The first kappa shape index (κ1) is 14.5. The van der Waals surface area contributed by atoms with Gasteiger partial charge >= 0.3 is 0 Å². The van der Waals surface area contributed by atoms with Gasteiger partial charge in [0.15, 0.2) is 5.03 Å². The lowest BCUT2D eigenvalue weighted by Gasteiger charge is -2.33. The van der Waals surface area contributed by atoms with Crippen LogP contribution in [0.3, 0.4) is 0 Å². The van der Waals surface area contributed by atoms with E-state index in [1.165, 1.54) is 0 Å². The van der Waals surface area contributed by atoms with Gasteiger partial charge in [0, 0.05) is 25.3 Å². The Labute approximate surface area is 114 Å². The normalized spacial score (nSPS) is 21.7. The molecular weight excluding hydrogens is 264 g/mol. The second-order valence-electron chi connectivity index (χ2n) is 4.89. The average molecular weight is 286 g/mol. The third-order valence-corrected chi connectivity index (χ3v) is 5.46. The minimum absolute atomic E-state index is 0.0236. The number of piperidine rings is 1. The van der Waals surface area contributed by atoms with Gasteiger partial charge in [-0.15, -0.1) is 0 Å². The molecule has 1 aliphatic rings. The Morgan fingerprint density at radius 2 is 2.26 bits per heavy atom. The molecular formula is C12H22N4O2S. The predicted molar refractivity (Wildman–Crippen MR) is 73.1 cm³/mol. The van der Waals surface area contributed by atoms with Gasteiger partial charge in [0.2, 0.25) is 0 Å². The van der Waals surface area contributed by atoms with Gasteiger partial charge in [-0.05, 0) is 32.7 Å². The van der Waals surface area contributed by atoms with E-state index in [1.807, 2.05) is 6.92 Å². The lowest BCUT2D eigenvalue weighted by Crippen LogP contribution is -2.44. The highest BCUT2D eigenvalue weighted by atomic mass is 32.2. The van der Waals surface area contributed by atoms with Gasteiger partial charge in [-0.25, -0.2) is 13.4 Å². The molecule has 0 aliphatic carbocycles. The van der Waals surface area contributed by atoms with E-state index in [0.29, 0.717) is 19.5 Å². The molecule has 0 amide bonds. The molecule has 2 N–H and O–H groups in total. The van der Waals surface area contributed by atoms with Gasteiger partial charge in [0.25, 0.3) is 10.0 Å². The molecule has 1 aromatic heterocycles. The molecule has 0 saturated carbocycles. The van der Waals surface area contributed by atoms with Crippen molar-refractivity contribution in [1.82, 2.24) is 13.9 Å². The standard InChI is InChI=1S/C12H22N4O2S/c1-2-15-9-12(14-10-15)19(17,18)16-8-4-3-5-11(16)6-7-13/h9-11H,2-8,13H2,1H3. The first-order chi connectivity index (χ1) is 9.09. The summed E-state index contributed by atoms with van der Waals surface area (Å²) in [6, 6.07) is 0.0236. The van der Waals surface area contributed by atoms with Gasteiger partial charge in [0.1, 0.15) is 0 Å². The third kappa shape index (κ3) is 2.98. The lowest BCUT2D eigenvalue weighted by molar-refractivity contribution is 0.242. The molecule has 7 heteroatoms. The molecule has 0 spiro atoms. The van der Waals surface area contributed by atoms with Crippen molar-refractivity contribution < 1.29 is 8.42 Å². The van der Waals surface area contributed by atoms with Crippen LogP contribution in [0.1, 0.15) is 32.6 Å². The van der Waals surface area contributed by atoms with Crippen LogP contribution in [-0.2, 0) is 16.6 Å². The van der Waals surface area contributed by atoms with Crippen molar-refractivity contribution >= 4 is 10.0 Å². The van der Waals surface area contributed by atoms with E-state index in [4.69, 9.17) is 5.73 Å². The van der Waals surface area contributed by atoms with E-state index in [2.05, 4.69) is 4.98 Å². The summed E-state index contributed by atoms with van der Waals surface area (Å²) >= 11 is 0. The summed E-state index contributed by atoms with van der Waals surface area (Å²) < 4.78 is 28.6. The van der Waals surface area contributed by atoms with Crippen LogP contribution in [0.4, 0.5) is 0 Å². The molecule has 0 radical (unpaired) electrons. The second kappa shape index (κ2) is 6.02. The zero-order valence-electron chi connectivity index (χ0n) is 11.3. The minimum atomic E-state index is -3.48. The van der Waals surface area contributed by atoms with Gasteiger partial charge in [0.05, 0.1) is 6.33 Å². The molecule has 2 heterocycles. The topological polar surface area (TPSA) is 81.2 Å². The van der Waals surface area contributed by atoms with Crippen LogP contribution in [0.2, 0.25) is 0 Å². The van der Waals surface area contributed by atoms with Crippen molar-refractivity contribution in [1.29, 1.82) is 0 Å². The van der Waals surface area contributed by atoms with E-state index in [0.717, 1.165) is 25.8 Å². The van der Waals surface area contributed by atoms with Crippen LogP contribution in [0.5, 0.6) is 0 Å². The summed E-state index contributed by atoms with van der Waals surface area (Å²) in [5, 5.41) is 0.151. The summed E-state index contributed by atoms with van der Waals surface area (Å²) in [5.74, 6) is 0. The Morgan fingerprint density at radius 1 is 1.47 bits per heavy atom. The van der Waals surface area contributed by atoms with Crippen LogP contribution in [-0.4, -0.2) is 41.4 Å². The fourth-order valence-electron chi connectivity index (χ4n) is 2.54. The van der Waals surface area contributed by atoms with E-state index < -0.39 is 10.0 Å². The Balaban J connectivity index is 2.25. The van der Waals surface area contributed by atoms with Crippen molar-refractivity contribution in [2.45, 2.75) is 50.2 Å². The van der Waals surface area contributed by atoms with E-state index >= 15 is 0 Å².